The van der Waals surface area contributed by atoms with Gasteiger partial charge in [0.2, 0.25) is 0 Å². The van der Waals surface area contributed by atoms with Gasteiger partial charge in [0.25, 0.3) is 0 Å². The lowest BCUT2D eigenvalue weighted by atomic mass is 10.1. The maximum absolute atomic E-state index is 13.4. The lowest BCUT2D eigenvalue weighted by Gasteiger charge is -2.09. The lowest BCUT2D eigenvalue weighted by molar-refractivity contribution is 0.413. The zero-order valence-electron chi connectivity index (χ0n) is 11.5. The van der Waals surface area contributed by atoms with E-state index in [9.17, 15) is 4.39 Å². The first-order valence-corrected chi connectivity index (χ1v) is 6.50. The normalized spacial score (nSPS) is 10.4. The molecule has 2 aromatic carbocycles. The van der Waals surface area contributed by atoms with E-state index in [2.05, 4.69) is 9.97 Å². The molecule has 0 fully saturated rings. The fourth-order valence-corrected chi connectivity index (χ4v) is 2.09. The van der Waals surface area contributed by atoms with Crippen LogP contribution in [0, 0.1) is 5.82 Å². The minimum Gasteiger partial charge on any atom is -0.493 e. The number of nitrogens with zero attached hydrogens (tertiary/aromatic N) is 2. The molecule has 0 spiro atoms. The maximum atomic E-state index is 13.4. The van der Waals surface area contributed by atoms with Gasteiger partial charge in [0.1, 0.15) is 11.5 Å². The van der Waals surface area contributed by atoms with Crippen molar-refractivity contribution in [1.29, 1.82) is 0 Å². The number of benzene rings is 2. The molecule has 1 aromatic heterocycles. The SMILES string of the molecule is COc1cnc(-c2ccccc2)nc1-c1cccc(F)c1. The van der Waals surface area contributed by atoms with Gasteiger partial charge in [-0.2, -0.15) is 0 Å². The van der Waals surface area contributed by atoms with Gasteiger partial charge in [0.15, 0.2) is 11.6 Å². The first kappa shape index (κ1) is 13.2. The summed E-state index contributed by atoms with van der Waals surface area (Å²) in [5, 5.41) is 0. The first-order valence-electron chi connectivity index (χ1n) is 6.50. The molecule has 0 aliphatic rings. The molecule has 0 radical (unpaired) electrons. The fourth-order valence-electron chi connectivity index (χ4n) is 2.09. The highest BCUT2D eigenvalue weighted by atomic mass is 19.1. The number of halogens is 1. The van der Waals surface area contributed by atoms with E-state index in [4.69, 9.17) is 4.74 Å². The van der Waals surface area contributed by atoms with Crippen molar-refractivity contribution >= 4 is 0 Å². The van der Waals surface area contributed by atoms with E-state index >= 15 is 0 Å². The molecule has 0 saturated carbocycles. The van der Waals surface area contributed by atoms with Gasteiger partial charge in [-0.15, -0.1) is 0 Å². The van der Waals surface area contributed by atoms with Crippen LogP contribution in [0.25, 0.3) is 22.6 Å². The molecule has 104 valence electrons. The van der Waals surface area contributed by atoms with Crippen LogP contribution in [0.2, 0.25) is 0 Å². The van der Waals surface area contributed by atoms with Crippen LogP contribution in [-0.4, -0.2) is 17.1 Å². The summed E-state index contributed by atoms with van der Waals surface area (Å²) in [6.07, 6.45) is 1.61. The van der Waals surface area contributed by atoms with Gasteiger partial charge < -0.3 is 4.74 Å². The highest BCUT2D eigenvalue weighted by molar-refractivity contribution is 5.68. The number of aromatic nitrogens is 2. The molecule has 3 aromatic rings. The van der Waals surface area contributed by atoms with Crippen LogP contribution in [0.4, 0.5) is 4.39 Å². The monoisotopic (exact) mass is 280 g/mol. The molecule has 0 aliphatic heterocycles. The largest absolute Gasteiger partial charge is 0.493 e. The summed E-state index contributed by atoms with van der Waals surface area (Å²) in [6.45, 7) is 0. The third-order valence-electron chi connectivity index (χ3n) is 3.11. The molecule has 4 heteroatoms. The second kappa shape index (κ2) is 5.71. The zero-order valence-corrected chi connectivity index (χ0v) is 11.5. The number of hydrogen-bond acceptors (Lipinski definition) is 3. The van der Waals surface area contributed by atoms with Gasteiger partial charge in [-0.1, -0.05) is 42.5 Å². The average Bonchev–Trinajstić information content (AvgIpc) is 2.55. The Morgan fingerprint density at radius 1 is 0.952 bits per heavy atom. The summed E-state index contributed by atoms with van der Waals surface area (Å²) in [4.78, 5) is 8.82. The van der Waals surface area contributed by atoms with E-state index in [1.54, 1.807) is 25.4 Å². The Bertz CT molecular complexity index is 760. The van der Waals surface area contributed by atoms with Crippen LogP contribution >= 0.6 is 0 Å². The second-order valence-electron chi connectivity index (χ2n) is 4.49. The highest BCUT2D eigenvalue weighted by Crippen LogP contribution is 2.29. The molecular formula is C17H13FN2O. The van der Waals surface area contributed by atoms with Gasteiger partial charge >= 0.3 is 0 Å². The predicted molar refractivity (Wildman–Crippen MR) is 79.4 cm³/mol. The molecule has 0 unspecified atom stereocenters. The summed E-state index contributed by atoms with van der Waals surface area (Å²) in [6, 6.07) is 15.9. The van der Waals surface area contributed by atoms with Crippen LogP contribution in [-0.2, 0) is 0 Å². The van der Waals surface area contributed by atoms with Gasteiger partial charge in [0.05, 0.1) is 13.3 Å². The first-order chi connectivity index (χ1) is 10.3. The number of methoxy groups -OCH3 is 1. The summed E-state index contributed by atoms with van der Waals surface area (Å²) >= 11 is 0. The van der Waals surface area contributed by atoms with Crippen molar-refractivity contribution in [3.8, 4) is 28.4 Å². The fraction of sp³-hybridized carbons (Fsp3) is 0.0588. The minimum atomic E-state index is -0.311. The molecule has 21 heavy (non-hydrogen) atoms. The number of rotatable bonds is 3. The van der Waals surface area contributed by atoms with Crippen LogP contribution in [0.15, 0.2) is 60.8 Å². The van der Waals surface area contributed by atoms with E-state index in [1.807, 2.05) is 30.3 Å². The maximum Gasteiger partial charge on any atom is 0.163 e. The van der Waals surface area contributed by atoms with E-state index in [0.717, 1.165) is 5.56 Å². The standard InChI is InChI=1S/C17H13FN2O/c1-21-15-11-19-17(12-6-3-2-4-7-12)20-16(15)13-8-5-9-14(18)10-13/h2-11H,1H3. The Morgan fingerprint density at radius 2 is 1.71 bits per heavy atom. The van der Waals surface area contributed by atoms with E-state index in [-0.39, 0.29) is 5.82 Å². The Labute approximate surface area is 122 Å². The molecule has 3 nitrogen and oxygen atoms in total. The van der Waals surface area contributed by atoms with E-state index in [0.29, 0.717) is 22.8 Å². The second-order valence-corrected chi connectivity index (χ2v) is 4.49. The molecule has 3 rings (SSSR count). The van der Waals surface area contributed by atoms with Gasteiger partial charge in [-0.25, -0.2) is 14.4 Å². The molecule has 0 aliphatic carbocycles. The van der Waals surface area contributed by atoms with E-state index < -0.39 is 0 Å². The number of ether oxygens (including phenoxy) is 1. The number of hydrogen-bond donors (Lipinski definition) is 0. The van der Waals surface area contributed by atoms with Crippen LogP contribution in [0.5, 0.6) is 5.75 Å². The Hall–Kier alpha value is -2.75. The zero-order chi connectivity index (χ0) is 14.7. The van der Waals surface area contributed by atoms with Crippen molar-refractivity contribution in [2.75, 3.05) is 7.11 Å². The molecule has 1 heterocycles. The van der Waals surface area contributed by atoms with Crippen LogP contribution in [0.1, 0.15) is 0 Å². The van der Waals surface area contributed by atoms with Crippen molar-refractivity contribution in [2.24, 2.45) is 0 Å². The quantitative estimate of drug-likeness (QED) is 0.728. The van der Waals surface area contributed by atoms with Crippen molar-refractivity contribution < 1.29 is 9.13 Å². The van der Waals surface area contributed by atoms with Crippen LogP contribution < -0.4 is 4.74 Å². The topological polar surface area (TPSA) is 35.0 Å². The van der Waals surface area contributed by atoms with Crippen molar-refractivity contribution in [2.45, 2.75) is 0 Å². The molecule has 0 atom stereocenters. The lowest BCUT2D eigenvalue weighted by Crippen LogP contribution is -1.96. The molecule has 0 N–H and O–H groups in total. The molecule has 0 bridgehead atoms. The third-order valence-corrected chi connectivity index (χ3v) is 3.11. The summed E-state index contributed by atoms with van der Waals surface area (Å²) in [5.74, 6) is 0.783. The average molecular weight is 280 g/mol. The Morgan fingerprint density at radius 3 is 2.43 bits per heavy atom. The summed E-state index contributed by atoms with van der Waals surface area (Å²) in [5.41, 5.74) is 2.13. The Kier molecular flexibility index (Phi) is 3.60. The Balaban J connectivity index is 2.14. The molecule has 0 saturated heterocycles. The smallest absolute Gasteiger partial charge is 0.163 e. The third kappa shape index (κ3) is 2.74. The van der Waals surface area contributed by atoms with Gasteiger partial charge in [-0.3, -0.25) is 0 Å². The minimum absolute atomic E-state index is 0.311. The van der Waals surface area contributed by atoms with Gasteiger partial charge in [0, 0.05) is 11.1 Å². The van der Waals surface area contributed by atoms with Crippen molar-refractivity contribution in [3.05, 3.63) is 66.6 Å². The molecule has 0 amide bonds. The summed E-state index contributed by atoms with van der Waals surface area (Å²) < 4.78 is 18.7. The highest BCUT2D eigenvalue weighted by Gasteiger charge is 2.11. The summed E-state index contributed by atoms with van der Waals surface area (Å²) in [7, 11) is 1.55. The van der Waals surface area contributed by atoms with Gasteiger partial charge in [-0.05, 0) is 12.1 Å². The van der Waals surface area contributed by atoms with Crippen molar-refractivity contribution in [1.82, 2.24) is 9.97 Å². The molecular weight excluding hydrogens is 267 g/mol. The van der Waals surface area contributed by atoms with E-state index in [1.165, 1.54) is 12.1 Å². The van der Waals surface area contributed by atoms with Crippen molar-refractivity contribution in [3.63, 3.8) is 0 Å². The van der Waals surface area contributed by atoms with Crippen LogP contribution in [0.3, 0.4) is 0 Å². The predicted octanol–water partition coefficient (Wildman–Crippen LogP) is 3.96.